The molecule has 0 aliphatic carbocycles. The number of hydrogen-bond donors (Lipinski definition) is 1. The van der Waals surface area contributed by atoms with Gasteiger partial charge in [0.1, 0.15) is 0 Å². The van der Waals surface area contributed by atoms with Crippen molar-refractivity contribution in [1.82, 2.24) is 0 Å². The number of esters is 1. The average Bonchev–Trinajstić information content (AvgIpc) is 2.64. The van der Waals surface area contributed by atoms with Crippen LogP contribution >= 0.6 is 11.6 Å². The molecule has 0 fully saturated rings. The molecule has 0 unspecified atom stereocenters. The maximum Gasteiger partial charge on any atom is 0.309 e. The molecule has 144 valence electrons. The molecule has 0 saturated carbocycles. The van der Waals surface area contributed by atoms with Crippen molar-refractivity contribution in [2.45, 2.75) is 20.3 Å². The van der Waals surface area contributed by atoms with Crippen LogP contribution in [0.25, 0.3) is 0 Å². The number of carbonyl (C=O) groups excluding carboxylic acids is 2. The molecule has 0 atom stereocenters. The van der Waals surface area contributed by atoms with Crippen molar-refractivity contribution >= 4 is 29.2 Å². The van der Waals surface area contributed by atoms with Crippen LogP contribution in [0.3, 0.4) is 0 Å². The third kappa shape index (κ3) is 6.83. The van der Waals surface area contributed by atoms with E-state index in [2.05, 4.69) is 5.32 Å². The monoisotopic (exact) mass is 391 g/mol. The molecule has 0 heterocycles. The summed E-state index contributed by atoms with van der Waals surface area (Å²) in [7, 11) is 0. The lowest BCUT2D eigenvalue weighted by Gasteiger charge is -2.11. The van der Waals surface area contributed by atoms with E-state index >= 15 is 0 Å². The highest BCUT2D eigenvalue weighted by molar-refractivity contribution is 6.33. The Kier molecular flexibility index (Phi) is 7.95. The number of benzene rings is 2. The van der Waals surface area contributed by atoms with Gasteiger partial charge in [-0.25, -0.2) is 0 Å². The van der Waals surface area contributed by atoms with Crippen LogP contribution in [0, 0.1) is 6.92 Å². The third-order valence-electron chi connectivity index (χ3n) is 3.48. The van der Waals surface area contributed by atoms with Crippen molar-refractivity contribution in [1.29, 1.82) is 0 Å². The summed E-state index contributed by atoms with van der Waals surface area (Å²) < 4.78 is 15.9. The largest absolute Gasteiger partial charge is 0.490 e. The first-order valence-electron chi connectivity index (χ1n) is 8.56. The quantitative estimate of drug-likeness (QED) is 0.654. The van der Waals surface area contributed by atoms with Crippen molar-refractivity contribution in [2.24, 2.45) is 0 Å². The number of anilines is 1. The van der Waals surface area contributed by atoms with Gasteiger partial charge in [-0.15, -0.1) is 0 Å². The van der Waals surface area contributed by atoms with Gasteiger partial charge in [0.05, 0.1) is 30.3 Å². The summed E-state index contributed by atoms with van der Waals surface area (Å²) in [6.45, 7) is 4.02. The van der Waals surface area contributed by atoms with Crippen molar-refractivity contribution in [3.05, 3.63) is 53.1 Å². The van der Waals surface area contributed by atoms with E-state index in [0.29, 0.717) is 28.8 Å². The Morgan fingerprint density at radius 2 is 1.78 bits per heavy atom. The second-order valence-electron chi connectivity index (χ2n) is 5.67. The summed E-state index contributed by atoms with van der Waals surface area (Å²) in [6, 6.07) is 12.5. The molecule has 0 spiro atoms. The van der Waals surface area contributed by atoms with Crippen molar-refractivity contribution < 1.29 is 23.8 Å². The summed E-state index contributed by atoms with van der Waals surface area (Å²) in [6.07, 6.45) is 0.0129. The molecule has 2 aromatic rings. The molecule has 2 aromatic carbocycles. The normalized spacial score (nSPS) is 10.2. The van der Waals surface area contributed by atoms with Crippen LogP contribution in [-0.4, -0.2) is 31.7 Å². The van der Waals surface area contributed by atoms with Gasteiger partial charge in [-0.1, -0.05) is 29.8 Å². The lowest BCUT2D eigenvalue weighted by Crippen LogP contribution is -2.21. The van der Waals surface area contributed by atoms with Gasteiger partial charge < -0.3 is 19.5 Å². The molecule has 0 aromatic heterocycles. The number of hydrogen-bond acceptors (Lipinski definition) is 5. The fourth-order valence-electron chi connectivity index (χ4n) is 2.21. The number of nitrogens with one attached hydrogen (secondary N) is 1. The lowest BCUT2D eigenvalue weighted by atomic mass is 10.2. The van der Waals surface area contributed by atoms with E-state index in [1.165, 1.54) is 0 Å². The SMILES string of the molecule is CCOc1ccccc1OCCC(=O)OCC(=O)Nc1ccc(C)cc1Cl. The molecule has 0 aliphatic rings. The van der Waals surface area contributed by atoms with E-state index in [1.54, 1.807) is 24.3 Å². The Morgan fingerprint density at radius 1 is 1.07 bits per heavy atom. The molecule has 0 aliphatic heterocycles. The van der Waals surface area contributed by atoms with Gasteiger partial charge in [-0.2, -0.15) is 0 Å². The first-order chi connectivity index (χ1) is 13.0. The van der Waals surface area contributed by atoms with E-state index in [1.807, 2.05) is 32.0 Å². The molecule has 6 nitrogen and oxygen atoms in total. The fraction of sp³-hybridized carbons (Fsp3) is 0.300. The first-order valence-corrected chi connectivity index (χ1v) is 8.93. The molecule has 0 radical (unpaired) electrons. The molecule has 27 heavy (non-hydrogen) atoms. The van der Waals surface area contributed by atoms with Gasteiger partial charge in [-0.05, 0) is 43.7 Å². The summed E-state index contributed by atoms with van der Waals surface area (Å²) in [4.78, 5) is 23.6. The zero-order chi connectivity index (χ0) is 19.6. The third-order valence-corrected chi connectivity index (χ3v) is 3.79. The highest BCUT2D eigenvalue weighted by Crippen LogP contribution is 2.26. The summed E-state index contributed by atoms with van der Waals surface area (Å²) >= 11 is 6.05. The highest BCUT2D eigenvalue weighted by atomic mass is 35.5. The van der Waals surface area contributed by atoms with Crippen LogP contribution in [0.5, 0.6) is 11.5 Å². The van der Waals surface area contributed by atoms with Crippen LogP contribution in [0.15, 0.2) is 42.5 Å². The van der Waals surface area contributed by atoms with E-state index in [9.17, 15) is 9.59 Å². The Balaban J connectivity index is 1.72. The van der Waals surface area contributed by atoms with Crippen molar-refractivity contribution in [2.75, 3.05) is 25.1 Å². The Morgan fingerprint density at radius 3 is 2.44 bits per heavy atom. The maximum absolute atomic E-state index is 11.9. The number of halogens is 1. The van der Waals surface area contributed by atoms with E-state index < -0.39 is 18.5 Å². The number of carbonyl (C=O) groups is 2. The van der Waals surface area contributed by atoms with Crippen LogP contribution in [0.4, 0.5) is 5.69 Å². The molecule has 2 rings (SSSR count). The second-order valence-corrected chi connectivity index (χ2v) is 6.08. The first kappa shape index (κ1) is 20.6. The average molecular weight is 392 g/mol. The number of rotatable bonds is 9. The number of amides is 1. The standard InChI is InChI=1S/C20H22ClNO5/c1-3-25-17-6-4-5-7-18(17)26-11-10-20(24)27-13-19(23)22-16-9-8-14(2)12-15(16)21/h4-9,12H,3,10-11,13H2,1-2H3,(H,22,23). The van der Waals surface area contributed by atoms with Crippen LogP contribution in [0.2, 0.25) is 5.02 Å². The van der Waals surface area contributed by atoms with Crippen molar-refractivity contribution in [3.63, 3.8) is 0 Å². The zero-order valence-corrected chi connectivity index (χ0v) is 16.0. The van der Waals surface area contributed by atoms with Gasteiger partial charge >= 0.3 is 5.97 Å². The smallest absolute Gasteiger partial charge is 0.309 e. The number of para-hydroxylation sites is 2. The van der Waals surface area contributed by atoms with Gasteiger partial charge in [-0.3, -0.25) is 9.59 Å². The lowest BCUT2D eigenvalue weighted by molar-refractivity contribution is -0.147. The molecular formula is C20H22ClNO5. The van der Waals surface area contributed by atoms with Crippen LogP contribution in [0.1, 0.15) is 18.9 Å². The summed E-state index contributed by atoms with van der Waals surface area (Å²) in [5, 5.41) is 3.03. The molecule has 1 N–H and O–H groups in total. The number of ether oxygens (including phenoxy) is 3. The molecule has 7 heteroatoms. The molecular weight excluding hydrogens is 370 g/mol. The van der Waals surface area contributed by atoms with Crippen LogP contribution in [-0.2, 0) is 14.3 Å². The molecule has 1 amide bonds. The van der Waals surface area contributed by atoms with Gasteiger partial charge in [0.2, 0.25) is 0 Å². The predicted molar refractivity (Wildman–Crippen MR) is 104 cm³/mol. The maximum atomic E-state index is 11.9. The summed E-state index contributed by atoms with van der Waals surface area (Å²) in [5.74, 6) is 0.174. The van der Waals surface area contributed by atoms with Crippen molar-refractivity contribution in [3.8, 4) is 11.5 Å². The topological polar surface area (TPSA) is 73.9 Å². The van der Waals surface area contributed by atoms with Gasteiger partial charge in [0.25, 0.3) is 5.91 Å². The van der Waals surface area contributed by atoms with E-state index in [4.69, 9.17) is 25.8 Å². The van der Waals surface area contributed by atoms with Gasteiger partial charge in [0, 0.05) is 0 Å². The van der Waals surface area contributed by atoms with E-state index in [-0.39, 0.29) is 13.0 Å². The Hall–Kier alpha value is -2.73. The fourth-order valence-corrected chi connectivity index (χ4v) is 2.50. The summed E-state index contributed by atoms with van der Waals surface area (Å²) in [5.41, 5.74) is 1.45. The predicted octanol–water partition coefficient (Wildman–Crippen LogP) is 4.00. The molecule has 0 saturated heterocycles. The molecule has 0 bridgehead atoms. The van der Waals surface area contributed by atoms with E-state index in [0.717, 1.165) is 5.56 Å². The number of aryl methyl sites for hydroxylation is 1. The minimum absolute atomic E-state index is 0.0129. The highest BCUT2D eigenvalue weighted by Gasteiger charge is 2.11. The Labute approximate surface area is 163 Å². The van der Waals surface area contributed by atoms with Gasteiger partial charge in [0.15, 0.2) is 18.1 Å². The minimum Gasteiger partial charge on any atom is -0.490 e. The van der Waals surface area contributed by atoms with Crippen LogP contribution < -0.4 is 14.8 Å². The Bertz CT molecular complexity index is 794. The zero-order valence-electron chi connectivity index (χ0n) is 15.3. The second kappa shape index (κ2) is 10.4. The minimum atomic E-state index is -0.533.